The summed E-state index contributed by atoms with van der Waals surface area (Å²) >= 11 is 0. The van der Waals surface area contributed by atoms with E-state index in [1.807, 2.05) is 55.2 Å². The Morgan fingerprint density at radius 3 is 2.49 bits per heavy atom. The highest BCUT2D eigenvalue weighted by atomic mass is 19.1. The first-order valence-corrected chi connectivity index (χ1v) is 13.1. The number of halogens is 1. The maximum Gasteiger partial charge on any atom is 0.253 e. The Hall–Kier alpha value is -3.67. The fourth-order valence-corrected chi connectivity index (χ4v) is 4.51. The highest BCUT2D eigenvalue weighted by Crippen LogP contribution is 2.25. The van der Waals surface area contributed by atoms with E-state index in [-0.39, 0.29) is 18.5 Å². The molecule has 37 heavy (non-hydrogen) atoms. The number of hydrogen-bond donors (Lipinski definition) is 2. The van der Waals surface area contributed by atoms with Gasteiger partial charge in [-0.2, -0.15) is 0 Å². The number of piperidine rings is 1. The molecule has 4 rings (SSSR count). The van der Waals surface area contributed by atoms with E-state index >= 15 is 0 Å². The highest BCUT2D eigenvalue weighted by molar-refractivity contribution is 6.08. The predicted octanol–water partition coefficient (Wildman–Crippen LogP) is 6.49. The number of alkyl halides is 1. The monoisotopic (exact) mass is 503 g/mol. The summed E-state index contributed by atoms with van der Waals surface area (Å²) in [6.45, 7) is 5.61. The minimum atomic E-state index is -0.326. The topological polar surface area (TPSA) is 65.2 Å². The van der Waals surface area contributed by atoms with Crippen LogP contribution in [0.2, 0.25) is 0 Å². The number of carbonyl (C=O) groups is 2. The molecule has 2 heterocycles. The van der Waals surface area contributed by atoms with Crippen molar-refractivity contribution in [1.82, 2.24) is 15.2 Å². The molecule has 0 spiro atoms. The number of carbonyl (C=O) groups excluding carboxylic acids is 2. The van der Waals surface area contributed by atoms with Crippen molar-refractivity contribution in [1.29, 1.82) is 0 Å². The van der Waals surface area contributed by atoms with Gasteiger partial charge in [-0.3, -0.25) is 9.59 Å². The number of fused-ring (bicyclic) bond motifs is 1. The van der Waals surface area contributed by atoms with Crippen LogP contribution in [0.4, 0.5) is 4.39 Å². The average molecular weight is 504 g/mol. The second-order valence-electron chi connectivity index (χ2n) is 9.20. The molecule has 5 nitrogen and oxygen atoms in total. The maximum atomic E-state index is 13.1. The van der Waals surface area contributed by atoms with Crippen LogP contribution < -0.4 is 5.32 Å². The van der Waals surface area contributed by atoms with Crippen LogP contribution in [0, 0.1) is 5.92 Å². The summed E-state index contributed by atoms with van der Waals surface area (Å²) in [5.41, 5.74) is 3.42. The van der Waals surface area contributed by atoms with E-state index in [2.05, 4.69) is 34.6 Å². The molecule has 3 aromatic rings. The zero-order valence-corrected chi connectivity index (χ0v) is 21.9. The van der Waals surface area contributed by atoms with Crippen molar-refractivity contribution in [3.63, 3.8) is 0 Å². The molecule has 196 valence electrons. The molecule has 1 aromatic heterocycles. The van der Waals surface area contributed by atoms with Crippen LogP contribution in [-0.4, -0.2) is 48.0 Å². The number of rotatable bonds is 8. The third kappa shape index (κ3) is 8.17. The van der Waals surface area contributed by atoms with Gasteiger partial charge in [0.1, 0.15) is 6.67 Å². The van der Waals surface area contributed by atoms with Crippen molar-refractivity contribution in [2.75, 3.05) is 26.3 Å². The zero-order valence-electron chi connectivity index (χ0n) is 21.9. The van der Waals surface area contributed by atoms with Crippen LogP contribution in [0.15, 0.2) is 79.0 Å². The first-order valence-electron chi connectivity index (χ1n) is 13.1. The van der Waals surface area contributed by atoms with Gasteiger partial charge in [0.2, 0.25) is 0 Å². The van der Waals surface area contributed by atoms with E-state index in [0.29, 0.717) is 23.6 Å². The third-order valence-corrected chi connectivity index (χ3v) is 6.55. The molecule has 0 atom stereocenters. The molecule has 2 N–H and O–H groups in total. The van der Waals surface area contributed by atoms with Crippen molar-refractivity contribution in [3.8, 4) is 0 Å². The summed E-state index contributed by atoms with van der Waals surface area (Å²) in [5, 5.41) is 3.65. The van der Waals surface area contributed by atoms with Crippen molar-refractivity contribution in [2.24, 2.45) is 5.92 Å². The van der Waals surface area contributed by atoms with Crippen molar-refractivity contribution >= 4 is 22.7 Å². The number of nitrogens with one attached hydrogen (secondary N) is 2. The number of aromatic amines is 1. The molecule has 2 aromatic carbocycles. The van der Waals surface area contributed by atoms with E-state index in [1.165, 1.54) is 11.6 Å². The van der Waals surface area contributed by atoms with Crippen LogP contribution >= 0.6 is 0 Å². The van der Waals surface area contributed by atoms with Gasteiger partial charge >= 0.3 is 0 Å². The summed E-state index contributed by atoms with van der Waals surface area (Å²) in [4.78, 5) is 30.7. The molecule has 1 fully saturated rings. The molecule has 0 unspecified atom stereocenters. The predicted molar refractivity (Wildman–Crippen MR) is 150 cm³/mol. The number of amides is 2. The van der Waals surface area contributed by atoms with Crippen LogP contribution in [-0.2, 0) is 6.42 Å². The molecular weight excluding hydrogens is 465 g/mol. The van der Waals surface area contributed by atoms with E-state index in [4.69, 9.17) is 0 Å². The molecule has 2 amide bonds. The number of allylic oxidation sites excluding steroid dienone is 3. The molecule has 0 aliphatic carbocycles. The second-order valence-corrected chi connectivity index (χ2v) is 9.20. The van der Waals surface area contributed by atoms with Gasteiger partial charge in [-0.1, -0.05) is 61.6 Å². The quantitative estimate of drug-likeness (QED) is 0.345. The normalized spacial score (nSPS) is 14.2. The lowest BCUT2D eigenvalue weighted by Crippen LogP contribution is -2.38. The highest BCUT2D eigenvalue weighted by Gasteiger charge is 2.24. The smallest absolute Gasteiger partial charge is 0.253 e. The Bertz CT molecular complexity index is 1190. The van der Waals surface area contributed by atoms with E-state index in [9.17, 15) is 14.0 Å². The van der Waals surface area contributed by atoms with Gasteiger partial charge in [-0.25, -0.2) is 4.39 Å². The van der Waals surface area contributed by atoms with Gasteiger partial charge in [-0.05, 0) is 62.3 Å². The van der Waals surface area contributed by atoms with Crippen LogP contribution in [0.1, 0.15) is 59.4 Å². The maximum absolute atomic E-state index is 13.1. The Morgan fingerprint density at radius 1 is 1.08 bits per heavy atom. The molecule has 0 saturated carbocycles. The van der Waals surface area contributed by atoms with Crippen molar-refractivity contribution in [3.05, 3.63) is 95.7 Å². The van der Waals surface area contributed by atoms with Gasteiger partial charge in [-0.15, -0.1) is 0 Å². The Kier molecular flexibility index (Phi) is 11.2. The minimum Gasteiger partial charge on any atom is -0.360 e. The SMILES string of the molecule is C/C=C/CNC(=O)c1c[nH]c2ccc(C(=O)N3CCC(Cc4ccccc4)CC3)cc12.CC/C=C\CF. The first kappa shape index (κ1) is 27.9. The summed E-state index contributed by atoms with van der Waals surface area (Å²) in [6, 6.07) is 16.1. The molecule has 0 bridgehead atoms. The fourth-order valence-electron chi connectivity index (χ4n) is 4.51. The first-order chi connectivity index (χ1) is 18.1. The zero-order chi connectivity index (χ0) is 26.5. The molecule has 1 saturated heterocycles. The summed E-state index contributed by atoms with van der Waals surface area (Å²) < 4.78 is 11.1. The second kappa shape index (κ2) is 14.8. The molecule has 1 aliphatic rings. The summed E-state index contributed by atoms with van der Waals surface area (Å²) in [7, 11) is 0. The Labute approximate surface area is 219 Å². The lowest BCUT2D eigenvalue weighted by Gasteiger charge is -2.32. The van der Waals surface area contributed by atoms with Gasteiger partial charge in [0.05, 0.1) is 5.56 Å². The Balaban J connectivity index is 0.000000568. The minimum absolute atomic E-state index is 0.0431. The van der Waals surface area contributed by atoms with E-state index < -0.39 is 0 Å². The van der Waals surface area contributed by atoms with Crippen molar-refractivity contribution < 1.29 is 14.0 Å². The number of nitrogens with zero attached hydrogens (tertiary/aromatic N) is 1. The molecule has 6 heteroatoms. The van der Waals surface area contributed by atoms with Gasteiger partial charge in [0, 0.05) is 42.3 Å². The third-order valence-electron chi connectivity index (χ3n) is 6.55. The summed E-state index contributed by atoms with van der Waals surface area (Å²) in [6.07, 6.45) is 12.9. The van der Waals surface area contributed by atoms with E-state index in [1.54, 1.807) is 12.3 Å². The van der Waals surface area contributed by atoms with Gasteiger partial charge < -0.3 is 15.2 Å². The fraction of sp³-hybridized carbons (Fsp3) is 0.355. The number of likely N-dealkylation sites (tertiary alicyclic amines) is 1. The van der Waals surface area contributed by atoms with Crippen LogP contribution in [0.25, 0.3) is 10.9 Å². The summed E-state index contributed by atoms with van der Waals surface area (Å²) in [5.74, 6) is 0.517. The number of benzene rings is 2. The van der Waals surface area contributed by atoms with E-state index in [0.717, 1.165) is 49.7 Å². The molecular formula is C31H38FN3O2. The van der Waals surface area contributed by atoms with Crippen molar-refractivity contribution in [2.45, 2.75) is 39.5 Å². The standard InChI is InChI=1S/C26H29N3O2.C5H9F/c1-2-3-13-27-25(30)23-18-28-24-10-9-21(17-22(23)24)26(31)29-14-11-20(12-15-29)16-19-7-5-4-6-8-19;1-2-3-4-5-6/h2-10,17-18,20,28H,11-16H2,1H3,(H,27,30);3-4H,2,5H2,1H3/b3-2+;4-3-. The number of aromatic nitrogens is 1. The largest absolute Gasteiger partial charge is 0.360 e. The van der Waals surface area contributed by atoms with Gasteiger partial charge in [0.15, 0.2) is 0 Å². The van der Waals surface area contributed by atoms with Crippen LogP contribution in [0.3, 0.4) is 0 Å². The Morgan fingerprint density at radius 2 is 1.84 bits per heavy atom. The average Bonchev–Trinajstić information content (AvgIpc) is 3.36. The van der Waals surface area contributed by atoms with Crippen LogP contribution in [0.5, 0.6) is 0 Å². The lowest BCUT2D eigenvalue weighted by atomic mass is 9.90. The lowest BCUT2D eigenvalue weighted by molar-refractivity contribution is 0.0690. The molecule has 1 aliphatic heterocycles. The number of hydrogen-bond acceptors (Lipinski definition) is 2. The number of H-pyrrole nitrogens is 1. The molecule has 0 radical (unpaired) electrons. The van der Waals surface area contributed by atoms with Gasteiger partial charge in [0.25, 0.3) is 11.8 Å².